The zero-order chi connectivity index (χ0) is 15.2. The van der Waals surface area contributed by atoms with Crippen molar-refractivity contribution in [3.63, 3.8) is 0 Å². The molecule has 0 atom stereocenters. The quantitative estimate of drug-likeness (QED) is 0.652. The van der Waals surface area contributed by atoms with Crippen molar-refractivity contribution in [1.82, 2.24) is 0 Å². The fourth-order valence-corrected chi connectivity index (χ4v) is 1.94. The molecule has 5 heteroatoms. The predicted molar refractivity (Wildman–Crippen MR) is 83.1 cm³/mol. The fraction of sp³-hybridized carbons (Fsp3) is 0.188. The number of para-hydroxylation sites is 1. The third-order valence-electron chi connectivity index (χ3n) is 2.94. The summed E-state index contributed by atoms with van der Waals surface area (Å²) in [6.07, 6.45) is 0. The first-order valence-electron chi connectivity index (χ1n) is 6.62. The number of benzene rings is 2. The molecule has 0 heterocycles. The number of esters is 1. The molecule has 2 rings (SSSR count). The minimum atomic E-state index is -0.435. The van der Waals surface area contributed by atoms with Crippen LogP contribution in [0.3, 0.4) is 0 Å². The monoisotopic (exact) mass is 286 g/mol. The molecule has 0 aliphatic rings. The lowest BCUT2D eigenvalue weighted by Crippen LogP contribution is -2.07. The number of carbonyl (C=O) groups excluding carboxylic acids is 1. The summed E-state index contributed by atoms with van der Waals surface area (Å²) in [5.41, 5.74) is 8.16. The molecule has 0 unspecified atom stereocenters. The SMILES string of the molecule is CCOc1ccc(Nc2c(N)cccc2C(=O)OC)cc1. The van der Waals surface area contributed by atoms with Crippen LogP contribution in [-0.4, -0.2) is 19.7 Å². The third kappa shape index (κ3) is 3.45. The van der Waals surface area contributed by atoms with Gasteiger partial charge in [-0.05, 0) is 43.3 Å². The summed E-state index contributed by atoms with van der Waals surface area (Å²) in [6, 6.07) is 12.5. The van der Waals surface area contributed by atoms with Crippen LogP contribution >= 0.6 is 0 Å². The van der Waals surface area contributed by atoms with Gasteiger partial charge in [-0.1, -0.05) is 6.07 Å². The van der Waals surface area contributed by atoms with Gasteiger partial charge < -0.3 is 20.5 Å². The Kier molecular flexibility index (Phi) is 4.66. The maximum atomic E-state index is 11.8. The van der Waals surface area contributed by atoms with Crippen molar-refractivity contribution < 1.29 is 14.3 Å². The lowest BCUT2D eigenvalue weighted by atomic mass is 10.1. The summed E-state index contributed by atoms with van der Waals surface area (Å²) in [4.78, 5) is 11.8. The largest absolute Gasteiger partial charge is 0.494 e. The Morgan fingerprint density at radius 1 is 1.19 bits per heavy atom. The maximum absolute atomic E-state index is 11.8. The second-order valence-electron chi connectivity index (χ2n) is 4.34. The Balaban J connectivity index is 2.28. The summed E-state index contributed by atoms with van der Waals surface area (Å²) in [6.45, 7) is 2.55. The number of ether oxygens (including phenoxy) is 2. The first kappa shape index (κ1) is 14.7. The van der Waals surface area contributed by atoms with Gasteiger partial charge in [0.05, 0.1) is 30.7 Å². The zero-order valence-electron chi connectivity index (χ0n) is 12.1. The summed E-state index contributed by atoms with van der Waals surface area (Å²) < 4.78 is 10.2. The topological polar surface area (TPSA) is 73.6 Å². The molecule has 5 nitrogen and oxygen atoms in total. The number of nitrogen functional groups attached to an aromatic ring is 1. The lowest BCUT2D eigenvalue weighted by Gasteiger charge is -2.13. The molecule has 0 aromatic heterocycles. The van der Waals surface area contributed by atoms with Crippen LogP contribution in [0.1, 0.15) is 17.3 Å². The van der Waals surface area contributed by atoms with Crippen molar-refractivity contribution in [2.45, 2.75) is 6.92 Å². The van der Waals surface area contributed by atoms with E-state index in [0.717, 1.165) is 11.4 Å². The van der Waals surface area contributed by atoms with E-state index in [9.17, 15) is 4.79 Å². The highest BCUT2D eigenvalue weighted by Gasteiger charge is 2.14. The van der Waals surface area contributed by atoms with Crippen LogP contribution < -0.4 is 15.8 Å². The van der Waals surface area contributed by atoms with Gasteiger partial charge in [-0.2, -0.15) is 0 Å². The van der Waals surface area contributed by atoms with Crippen LogP contribution in [0.25, 0.3) is 0 Å². The number of nitrogens with two attached hydrogens (primary N) is 1. The van der Waals surface area contributed by atoms with Crippen LogP contribution in [0.5, 0.6) is 5.75 Å². The number of methoxy groups -OCH3 is 1. The summed E-state index contributed by atoms with van der Waals surface area (Å²) in [5, 5.41) is 3.14. The van der Waals surface area contributed by atoms with Crippen LogP contribution in [0.4, 0.5) is 17.1 Å². The fourth-order valence-electron chi connectivity index (χ4n) is 1.94. The molecule has 3 N–H and O–H groups in total. The molecule has 0 saturated carbocycles. The summed E-state index contributed by atoms with van der Waals surface area (Å²) in [7, 11) is 1.34. The minimum absolute atomic E-state index is 0.395. The van der Waals surface area contributed by atoms with Gasteiger partial charge in [0.15, 0.2) is 0 Å². The minimum Gasteiger partial charge on any atom is -0.494 e. The van der Waals surface area contributed by atoms with Crippen LogP contribution in [0.15, 0.2) is 42.5 Å². The van der Waals surface area contributed by atoms with Crippen molar-refractivity contribution in [1.29, 1.82) is 0 Å². The smallest absolute Gasteiger partial charge is 0.340 e. The lowest BCUT2D eigenvalue weighted by molar-refractivity contribution is 0.0602. The first-order valence-corrected chi connectivity index (χ1v) is 6.62. The van der Waals surface area contributed by atoms with E-state index in [2.05, 4.69) is 5.32 Å². The Labute approximate surface area is 123 Å². The molecule has 0 bridgehead atoms. The predicted octanol–water partition coefficient (Wildman–Crippen LogP) is 3.20. The number of nitrogens with one attached hydrogen (secondary N) is 1. The first-order chi connectivity index (χ1) is 10.2. The van der Waals surface area contributed by atoms with Crippen molar-refractivity contribution in [3.05, 3.63) is 48.0 Å². The maximum Gasteiger partial charge on any atom is 0.340 e. The van der Waals surface area contributed by atoms with Crippen molar-refractivity contribution in [2.75, 3.05) is 24.8 Å². The van der Waals surface area contributed by atoms with Gasteiger partial charge >= 0.3 is 5.97 Å². The average Bonchev–Trinajstić information content (AvgIpc) is 2.50. The highest BCUT2D eigenvalue weighted by molar-refractivity contribution is 5.99. The molecule has 0 spiro atoms. The van der Waals surface area contributed by atoms with Crippen molar-refractivity contribution >= 4 is 23.0 Å². The molecule has 0 saturated heterocycles. The Bertz CT molecular complexity index is 624. The average molecular weight is 286 g/mol. The third-order valence-corrected chi connectivity index (χ3v) is 2.94. The van der Waals surface area contributed by atoms with Gasteiger partial charge in [-0.3, -0.25) is 0 Å². The number of hydrogen-bond acceptors (Lipinski definition) is 5. The Hall–Kier alpha value is -2.69. The van der Waals surface area contributed by atoms with Crippen LogP contribution in [0.2, 0.25) is 0 Å². The molecule has 110 valence electrons. The molecule has 2 aromatic rings. The molecule has 0 amide bonds. The standard InChI is InChI=1S/C16H18N2O3/c1-3-21-12-9-7-11(8-10-12)18-15-13(16(19)20-2)5-4-6-14(15)17/h4-10,18H,3,17H2,1-2H3. The Morgan fingerprint density at radius 3 is 2.52 bits per heavy atom. The second kappa shape index (κ2) is 6.65. The van der Waals surface area contributed by atoms with E-state index in [4.69, 9.17) is 15.2 Å². The van der Waals surface area contributed by atoms with E-state index in [0.29, 0.717) is 23.5 Å². The van der Waals surface area contributed by atoms with E-state index >= 15 is 0 Å². The van der Waals surface area contributed by atoms with E-state index in [1.807, 2.05) is 31.2 Å². The van der Waals surface area contributed by atoms with E-state index in [1.165, 1.54) is 7.11 Å². The molecular formula is C16H18N2O3. The normalized spacial score (nSPS) is 10.0. The van der Waals surface area contributed by atoms with Gasteiger partial charge in [0, 0.05) is 5.69 Å². The number of hydrogen-bond donors (Lipinski definition) is 2. The van der Waals surface area contributed by atoms with E-state index in [1.54, 1.807) is 18.2 Å². The highest BCUT2D eigenvalue weighted by Crippen LogP contribution is 2.28. The zero-order valence-corrected chi connectivity index (χ0v) is 12.1. The van der Waals surface area contributed by atoms with Crippen molar-refractivity contribution in [3.8, 4) is 5.75 Å². The van der Waals surface area contributed by atoms with Crippen LogP contribution in [0, 0.1) is 0 Å². The summed E-state index contributed by atoms with van der Waals surface area (Å²) in [5.74, 6) is 0.355. The molecule has 21 heavy (non-hydrogen) atoms. The highest BCUT2D eigenvalue weighted by atomic mass is 16.5. The molecular weight excluding hydrogens is 268 g/mol. The Morgan fingerprint density at radius 2 is 1.90 bits per heavy atom. The number of rotatable bonds is 5. The molecule has 0 fully saturated rings. The van der Waals surface area contributed by atoms with Gasteiger partial charge in [0.25, 0.3) is 0 Å². The van der Waals surface area contributed by atoms with Gasteiger partial charge in [0.2, 0.25) is 0 Å². The van der Waals surface area contributed by atoms with Gasteiger partial charge in [-0.25, -0.2) is 4.79 Å². The number of carbonyl (C=O) groups is 1. The van der Waals surface area contributed by atoms with Crippen molar-refractivity contribution in [2.24, 2.45) is 0 Å². The number of anilines is 3. The van der Waals surface area contributed by atoms with E-state index in [-0.39, 0.29) is 0 Å². The molecule has 0 aliphatic heterocycles. The summed E-state index contributed by atoms with van der Waals surface area (Å²) >= 11 is 0. The van der Waals surface area contributed by atoms with Gasteiger partial charge in [-0.15, -0.1) is 0 Å². The second-order valence-corrected chi connectivity index (χ2v) is 4.34. The van der Waals surface area contributed by atoms with Crippen LogP contribution in [-0.2, 0) is 4.74 Å². The van der Waals surface area contributed by atoms with Gasteiger partial charge in [0.1, 0.15) is 5.75 Å². The molecule has 2 aromatic carbocycles. The van der Waals surface area contributed by atoms with E-state index < -0.39 is 5.97 Å². The molecule has 0 radical (unpaired) electrons. The molecule has 0 aliphatic carbocycles.